The number of rotatable bonds is 4. The molecule has 0 fully saturated rings. The molecule has 0 aromatic heterocycles. The van der Waals surface area contributed by atoms with Crippen molar-refractivity contribution in [2.24, 2.45) is 0 Å². The van der Waals surface area contributed by atoms with Crippen molar-refractivity contribution in [1.82, 2.24) is 0 Å². The average Bonchev–Trinajstić information content (AvgIpc) is 2.39. The number of ketones is 1. The van der Waals surface area contributed by atoms with Gasteiger partial charge in [0, 0.05) is 36.8 Å². The summed E-state index contributed by atoms with van der Waals surface area (Å²) < 4.78 is 0. The molecule has 0 aliphatic heterocycles. The van der Waals surface area contributed by atoms with Crippen molar-refractivity contribution in [3.63, 3.8) is 0 Å². The standard InChI is InChI=1S/C16H16ClNO/c1-18(2)15-8-6-13(7-9-15)16(19)11-12-4-3-5-14(17)10-12/h3-10H,11H2,1-2H3. The molecule has 0 unspecified atom stereocenters. The van der Waals surface area contributed by atoms with Crippen LogP contribution in [0.4, 0.5) is 5.69 Å². The Labute approximate surface area is 118 Å². The Morgan fingerprint density at radius 2 is 1.79 bits per heavy atom. The lowest BCUT2D eigenvalue weighted by Gasteiger charge is -2.12. The molecule has 0 spiro atoms. The lowest BCUT2D eigenvalue weighted by atomic mass is 10.0. The number of halogens is 1. The topological polar surface area (TPSA) is 20.3 Å². The molecule has 0 aliphatic carbocycles. The highest BCUT2D eigenvalue weighted by atomic mass is 35.5. The van der Waals surface area contributed by atoms with Crippen LogP contribution in [0.15, 0.2) is 48.5 Å². The van der Waals surface area contributed by atoms with Crippen LogP contribution in [0.25, 0.3) is 0 Å². The predicted molar refractivity (Wildman–Crippen MR) is 80.3 cm³/mol. The number of carbonyl (C=O) groups excluding carboxylic acids is 1. The summed E-state index contributed by atoms with van der Waals surface area (Å²) in [5.41, 5.74) is 2.75. The molecule has 0 heterocycles. The molecular formula is C16H16ClNO. The molecule has 0 amide bonds. The van der Waals surface area contributed by atoms with E-state index >= 15 is 0 Å². The van der Waals surface area contributed by atoms with Gasteiger partial charge in [0.15, 0.2) is 5.78 Å². The summed E-state index contributed by atoms with van der Waals surface area (Å²) in [4.78, 5) is 14.2. The summed E-state index contributed by atoms with van der Waals surface area (Å²) in [6, 6.07) is 15.0. The van der Waals surface area contributed by atoms with E-state index < -0.39 is 0 Å². The van der Waals surface area contributed by atoms with Gasteiger partial charge in [0.1, 0.15) is 0 Å². The highest BCUT2D eigenvalue weighted by Gasteiger charge is 2.07. The van der Waals surface area contributed by atoms with E-state index in [1.807, 2.05) is 61.5 Å². The molecule has 0 N–H and O–H groups in total. The maximum atomic E-state index is 12.1. The van der Waals surface area contributed by atoms with E-state index in [0.29, 0.717) is 11.4 Å². The number of anilines is 1. The molecule has 3 heteroatoms. The minimum atomic E-state index is 0.104. The first kappa shape index (κ1) is 13.6. The second-order valence-corrected chi connectivity index (χ2v) is 5.11. The molecule has 0 saturated heterocycles. The molecule has 2 nitrogen and oxygen atoms in total. The Balaban J connectivity index is 2.11. The summed E-state index contributed by atoms with van der Waals surface area (Å²) in [7, 11) is 3.95. The van der Waals surface area contributed by atoms with Crippen LogP contribution in [0.3, 0.4) is 0 Å². The van der Waals surface area contributed by atoms with E-state index in [0.717, 1.165) is 16.8 Å². The van der Waals surface area contributed by atoms with Gasteiger partial charge in [-0.05, 0) is 42.0 Å². The maximum absolute atomic E-state index is 12.1. The maximum Gasteiger partial charge on any atom is 0.167 e. The summed E-state index contributed by atoms with van der Waals surface area (Å²) in [5, 5.41) is 0.660. The molecule has 0 saturated carbocycles. The number of Topliss-reactive ketones (excluding diaryl/α,β-unsaturated/α-hetero) is 1. The second kappa shape index (κ2) is 5.89. The highest BCUT2D eigenvalue weighted by molar-refractivity contribution is 6.30. The van der Waals surface area contributed by atoms with E-state index in [-0.39, 0.29) is 5.78 Å². The third-order valence-electron chi connectivity index (χ3n) is 2.96. The number of hydrogen-bond acceptors (Lipinski definition) is 2. The molecule has 2 aromatic carbocycles. The number of nitrogens with zero attached hydrogens (tertiary/aromatic N) is 1. The zero-order chi connectivity index (χ0) is 13.8. The number of carbonyl (C=O) groups is 1. The summed E-state index contributed by atoms with van der Waals surface area (Å²) in [5.74, 6) is 0.104. The second-order valence-electron chi connectivity index (χ2n) is 4.67. The first-order valence-electron chi connectivity index (χ1n) is 6.11. The van der Waals surface area contributed by atoms with Crippen molar-refractivity contribution in [2.75, 3.05) is 19.0 Å². The van der Waals surface area contributed by atoms with E-state index in [9.17, 15) is 4.79 Å². The highest BCUT2D eigenvalue weighted by Crippen LogP contribution is 2.16. The van der Waals surface area contributed by atoms with Crippen LogP contribution in [0.1, 0.15) is 15.9 Å². The third kappa shape index (κ3) is 3.58. The zero-order valence-corrected chi connectivity index (χ0v) is 11.8. The number of benzene rings is 2. The van der Waals surface area contributed by atoms with Gasteiger partial charge in [-0.2, -0.15) is 0 Å². The van der Waals surface area contributed by atoms with Crippen LogP contribution >= 0.6 is 11.6 Å². The molecule has 19 heavy (non-hydrogen) atoms. The lowest BCUT2D eigenvalue weighted by Crippen LogP contribution is -2.09. The van der Waals surface area contributed by atoms with Crippen LogP contribution in [0.2, 0.25) is 5.02 Å². The van der Waals surface area contributed by atoms with Gasteiger partial charge in [-0.15, -0.1) is 0 Å². The average molecular weight is 274 g/mol. The van der Waals surface area contributed by atoms with Gasteiger partial charge in [-0.3, -0.25) is 4.79 Å². The molecule has 0 atom stereocenters. The molecule has 0 aliphatic rings. The van der Waals surface area contributed by atoms with Crippen LogP contribution in [0, 0.1) is 0 Å². The quantitative estimate of drug-likeness (QED) is 0.789. The normalized spacial score (nSPS) is 10.3. The molecule has 2 aromatic rings. The van der Waals surface area contributed by atoms with Crippen molar-refractivity contribution >= 4 is 23.1 Å². The summed E-state index contributed by atoms with van der Waals surface area (Å²) in [6.07, 6.45) is 0.377. The van der Waals surface area contributed by atoms with Crippen molar-refractivity contribution < 1.29 is 4.79 Å². The van der Waals surface area contributed by atoms with Crippen molar-refractivity contribution in [2.45, 2.75) is 6.42 Å². The lowest BCUT2D eigenvalue weighted by molar-refractivity contribution is 0.0993. The van der Waals surface area contributed by atoms with Gasteiger partial charge < -0.3 is 4.90 Å². The Morgan fingerprint density at radius 1 is 1.11 bits per heavy atom. The van der Waals surface area contributed by atoms with Gasteiger partial charge >= 0.3 is 0 Å². The number of hydrogen-bond donors (Lipinski definition) is 0. The van der Waals surface area contributed by atoms with Gasteiger partial charge in [0.2, 0.25) is 0 Å². The van der Waals surface area contributed by atoms with E-state index in [1.54, 1.807) is 6.07 Å². The first-order valence-corrected chi connectivity index (χ1v) is 6.49. The van der Waals surface area contributed by atoms with Crippen LogP contribution in [0.5, 0.6) is 0 Å². The molecule has 0 bridgehead atoms. The van der Waals surface area contributed by atoms with Crippen molar-refractivity contribution in [1.29, 1.82) is 0 Å². The fraction of sp³-hybridized carbons (Fsp3) is 0.188. The molecule has 0 radical (unpaired) electrons. The Hall–Kier alpha value is -1.80. The van der Waals surface area contributed by atoms with Crippen LogP contribution < -0.4 is 4.90 Å². The third-order valence-corrected chi connectivity index (χ3v) is 3.19. The SMILES string of the molecule is CN(C)c1ccc(C(=O)Cc2cccc(Cl)c2)cc1. The summed E-state index contributed by atoms with van der Waals surface area (Å²) in [6.45, 7) is 0. The Morgan fingerprint density at radius 3 is 2.37 bits per heavy atom. The fourth-order valence-electron chi connectivity index (χ4n) is 1.88. The van der Waals surface area contributed by atoms with Gasteiger partial charge in [0.25, 0.3) is 0 Å². The van der Waals surface area contributed by atoms with Crippen molar-refractivity contribution in [3.8, 4) is 0 Å². The van der Waals surface area contributed by atoms with Gasteiger partial charge in [-0.25, -0.2) is 0 Å². The molecule has 98 valence electrons. The van der Waals surface area contributed by atoms with Crippen molar-refractivity contribution in [3.05, 3.63) is 64.7 Å². The summed E-state index contributed by atoms with van der Waals surface area (Å²) >= 11 is 5.91. The van der Waals surface area contributed by atoms with E-state index in [2.05, 4.69) is 0 Å². The van der Waals surface area contributed by atoms with Gasteiger partial charge in [0.05, 0.1) is 0 Å². The zero-order valence-electron chi connectivity index (χ0n) is 11.1. The Bertz CT molecular complexity index is 576. The first-order chi connectivity index (χ1) is 9.06. The smallest absolute Gasteiger partial charge is 0.167 e. The minimum absolute atomic E-state index is 0.104. The van der Waals surface area contributed by atoms with Crippen LogP contribution in [-0.2, 0) is 6.42 Å². The molecule has 2 rings (SSSR count). The van der Waals surface area contributed by atoms with Gasteiger partial charge in [-0.1, -0.05) is 23.7 Å². The van der Waals surface area contributed by atoms with E-state index in [1.165, 1.54) is 0 Å². The van der Waals surface area contributed by atoms with E-state index in [4.69, 9.17) is 11.6 Å². The Kier molecular flexibility index (Phi) is 4.23. The minimum Gasteiger partial charge on any atom is -0.378 e. The largest absolute Gasteiger partial charge is 0.378 e. The van der Waals surface area contributed by atoms with Crippen LogP contribution in [-0.4, -0.2) is 19.9 Å². The predicted octanol–water partition coefficient (Wildman–Crippen LogP) is 3.83. The monoisotopic (exact) mass is 273 g/mol. The molecular weight excluding hydrogens is 258 g/mol. The fourth-order valence-corrected chi connectivity index (χ4v) is 2.09.